The molecule has 3 aromatic carbocycles. The Kier molecular flexibility index (Phi) is 6.12. The van der Waals surface area contributed by atoms with Gasteiger partial charge in [-0.25, -0.2) is 0 Å². The number of amides is 2. The monoisotopic (exact) mass is 377 g/mol. The highest BCUT2D eigenvalue weighted by Gasteiger charge is 2.10. The fraction of sp³-hybridized carbons (Fsp3) is 0.0476. The molecule has 5 nitrogen and oxygen atoms in total. The Hall–Kier alpha value is -3.25. The van der Waals surface area contributed by atoms with Gasteiger partial charge in [0.1, 0.15) is 0 Å². The lowest BCUT2D eigenvalue weighted by Crippen LogP contribution is -2.23. The standard InChI is InChI=1S/C21H19N3O2S/c22-21(26)16-10-4-5-11-17(16)23-14-20(25)24-18-12-6-7-13-19(18)27-15-8-2-1-3-9-15/h1-13,23H,14H2,(H2,22,26)(H,24,25). The van der Waals surface area contributed by atoms with Crippen molar-refractivity contribution in [1.29, 1.82) is 0 Å². The van der Waals surface area contributed by atoms with Crippen LogP contribution in [0.15, 0.2) is 88.7 Å². The number of hydrogen-bond donors (Lipinski definition) is 3. The van der Waals surface area contributed by atoms with E-state index in [-0.39, 0.29) is 12.5 Å². The second kappa shape index (κ2) is 8.91. The second-order valence-electron chi connectivity index (χ2n) is 5.72. The quantitative estimate of drug-likeness (QED) is 0.581. The molecule has 0 aliphatic carbocycles. The van der Waals surface area contributed by atoms with Crippen molar-refractivity contribution in [3.63, 3.8) is 0 Å². The van der Waals surface area contributed by atoms with Gasteiger partial charge >= 0.3 is 0 Å². The van der Waals surface area contributed by atoms with Gasteiger partial charge in [0.25, 0.3) is 5.91 Å². The Balaban J connectivity index is 1.66. The van der Waals surface area contributed by atoms with Gasteiger partial charge in [-0.15, -0.1) is 0 Å². The molecule has 0 saturated carbocycles. The van der Waals surface area contributed by atoms with Crippen LogP contribution in [0.3, 0.4) is 0 Å². The van der Waals surface area contributed by atoms with Crippen LogP contribution < -0.4 is 16.4 Å². The first kappa shape index (κ1) is 18.5. The molecule has 0 radical (unpaired) electrons. The van der Waals surface area contributed by atoms with Crippen molar-refractivity contribution in [2.75, 3.05) is 17.2 Å². The van der Waals surface area contributed by atoms with Crippen LogP contribution in [0.5, 0.6) is 0 Å². The molecule has 0 saturated heterocycles. The van der Waals surface area contributed by atoms with E-state index in [1.807, 2.05) is 54.6 Å². The predicted octanol–water partition coefficient (Wildman–Crippen LogP) is 3.99. The molecule has 136 valence electrons. The smallest absolute Gasteiger partial charge is 0.250 e. The molecule has 0 atom stereocenters. The maximum absolute atomic E-state index is 12.4. The Labute approximate surface area is 162 Å². The topological polar surface area (TPSA) is 84.2 Å². The van der Waals surface area contributed by atoms with E-state index in [9.17, 15) is 9.59 Å². The van der Waals surface area contributed by atoms with Crippen molar-refractivity contribution in [1.82, 2.24) is 0 Å². The number of rotatable bonds is 7. The number of primary amides is 1. The number of anilines is 2. The van der Waals surface area contributed by atoms with Crippen LogP contribution in [0.4, 0.5) is 11.4 Å². The first-order valence-electron chi connectivity index (χ1n) is 8.38. The first-order valence-corrected chi connectivity index (χ1v) is 9.19. The van der Waals surface area contributed by atoms with Gasteiger partial charge in [-0.05, 0) is 36.4 Å². The Morgan fingerprint density at radius 2 is 1.44 bits per heavy atom. The summed E-state index contributed by atoms with van der Waals surface area (Å²) in [6.45, 7) is 0.0225. The van der Waals surface area contributed by atoms with Gasteiger partial charge in [0, 0.05) is 15.5 Å². The molecule has 0 bridgehead atoms. The third kappa shape index (κ3) is 5.12. The molecule has 0 spiro atoms. The summed E-state index contributed by atoms with van der Waals surface area (Å²) in [6.07, 6.45) is 0. The molecule has 0 aromatic heterocycles. The van der Waals surface area contributed by atoms with Crippen molar-refractivity contribution < 1.29 is 9.59 Å². The van der Waals surface area contributed by atoms with Crippen LogP contribution in [0.1, 0.15) is 10.4 Å². The maximum atomic E-state index is 12.4. The van der Waals surface area contributed by atoms with E-state index in [2.05, 4.69) is 10.6 Å². The average molecular weight is 377 g/mol. The van der Waals surface area contributed by atoms with Crippen LogP contribution in [0.2, 0.25) is 0 Å². The molecule has 0 aliphatic heterocycles. The summed E-state index contributed by atoms with van der Waals surface area (Å²) in [7, 11) is 0. The molecule has 3 aromatic rings. The summed E-state index contributed by atoms with van der Waals surface area (Å²) < 4.78 is 0. The molecule has 0 aliphatic rings. The lowest BCUT2D eigenvalue weighted by atomic mass is 10.1. The average Bonchev–Trinajstić information content (AvgIpc) is 2.69. The highest BCUT2D eigenvalue weighted by atomic mass is 32.2. The third-order valence-electron chi connectivity index (χ3n) is 3.76. The molecule has 0 heterocycles. The van der Waals surface area contributed by atoms with Crippen LogP contribution in [0.25, 0.3) is 0 Å². The molecule has 0 unspecified atom stereocenters. The predicted molar refractivity (Wildman–Crippen MR) is 109 cm³/mol. The Bertz CT molecular complexity index is 945. The third-order valence-corrected chi connectivity index (χ3v) is 4.85. The van der Waals surface area contributed by atoms with Crippen molar-refractivity contribution >= 4 is 35.0 Å². The minimum absolute atomic E-state index is 0.0225. The van der Waals surface area contributed by atoms with Gasteiger partial charge in [0.05, 0.1) is 17.8 Å². The largest absolute Gasteiger partial charge is 0.376 e. The van der Waals surface area contributed by atoms with Gasteiger partial charge in [0.15, 0.2) is 0 Å². The lowest BCUT2D eigenvalue weighted by molar-refractivity contribution is -0.114. The number of nitrogens with one attached hydrogen (secondary N) is 2. The number of carbonyl (C=O) groups excluding carboxylic acids is 2. The normalized spacial score (nSPS) is 10.2. The molecule has 3 rings (SSSR count). The van der Waals surface area contributed by atoms with Crippen molar-refractivity contribution in [2.24, 2.45) is 5.73 Å². The van der Waals surface area contributed by atoms with Gasteiger partial charge in [-0.3, -0.25) is 9.59 Å². The van der Waals surface area contributed by atoms with E-state index >= 15 is 0 Å². The van der Waals surface area contributed by atoms with Crippen LogP contribution in [0, 0.1) is 0 Å². The van der Waals surface area contributed by atoms with E-state index in [0.29, 0.717) is 11.3 Å². The Morgan fingerprint density at radius 3 is 2.19 bits per heavy atom. The van der Waals surface area contributed by atoms with Crippen molar-refractivity contribution in [3.05, 3.63) is 84.4 Å². The highest BCUT2D eigenvalue weighted by Crippen LogP contribution is 2.33. The minimum atomic E-state index is -0.539. The molecule has 27 heavy (non-hydrogen) atoms. The maximum Gasteiger partial charge on any atom is 0.250 e. The van der Waals surface area contributed by atoms with Crippen molar-refractivity contribution in [2.45, 2.75) is 9.79 Å². The van der Waals surface area contributed by atoms with E-state index in [0.717, 1.165) is 15.5 Å². The SMILES string of the molecule is NC(=O)c1ccccc1NCC(=O)Nc1ccccc1Sc1ccccc1. The zero-order valence-corrected chi connectivity index (χ0v) is 15.3. The summed E-state index contributed by atoms with van der Waals surface area (Å²) in [5, 5.41) is 5.88. The second-order valence-corrected chi connectivity index (χ2v) is 6.84. The Morgan fingerprint density at radius 1 is 0.815 bits per heavy atom. The number of nitrogens with two attached hydrogens (primary N) is 1. The van der Waals surface area contributed by atoms with Crippen LogP contribution in [-0.2, 0) is 4.79 Å². The van der Waals surface area contributed by atoms with E-state index < -0.39 is 5.91 Å². The molecule has 2 amide bonds. The van der Waals surface area contributed by atoms with Crippen molar-refractivity contribution in [3.8, 4) is 0 Å². The molecule has 6 heteroatoms. The van der Waals surface area contributed by atoms with Gasteiger partial charge in [-0.1, -0.05) is 54.2 Å². The van der Waals surface area contributed by atoms with Gasteiger partial charge in [0.2, 0.25) is 5.91 Å². The molecule has 0 fully saturated rings. The summed E-state index contributed by atoms with van der Waals surface area (Å²) in [6, 6.07) is 24.4. The zero-order valence-electron chi connectivity index (χ0n) is 14.5. The van der Waals surface area contributed by atoms with Crippen LogP contribution in [-0.4, -0.2) is 18.4 Å². The highest BCUT2D eigenvalue weighted by molar-refractivity contribution is 7.99. The fourth-order valence-corrected chi connectivity index (χ4v) is 3.42. The summed E-state index contributed by atoms with van der Waals surface area (Å²) >= 11 is 1.58. The lowest BCUT2D eigenvalue weighted by Gasteiger charge is -2.13. The van der Waals surface area contributed by atoms with E-state index in [1.165, 1.54) is 0 Å². The number of carbonyl (C=O) groups is 2. The van der Waals surface area contributed by atoms with E-state index in [4.69, 9.17) is 5.73 Å². The van der Waals surface area contributed by atoms with Gasteiger partial charge < -0.3 is 16.4 Å². The summed E-state index contributed by atoms with van der Waals surface area (Å²) in [5.74, 6) is -0.751. The zero-order chi connectivity index (χ0) is 19.1. The molecule has 4 N–H and O–H groups in total. The first-order chi connectivity index (χ1) is 13.1. The summed E-state index contributed by atoms with van der Waals surface area (Å²) in [4.78, 5) is 25.9. The fourth-order valence-electron chi connectivity index (χ4n) is 2.50. The van der Waals surface area contributed by atoms with Gasteiger partial charge in [-0.2, -0.15) is 0 Å². The number of hydrogen-bond acceptors (Lipinski definition) is 4. The van der Waals surface area contributed by atoms with Crippen LogP contribution >= 0.6 is 11.8 Å². The number of para-hydroxylation sites is 2. The summed E-state index contributed by atoms with van der Waals surface area (Å²) in [5.41, 5.74) is 6.98. The van der Waals surface area contributed by atoms with E-state index in [1.54, 1.807) is 36.0 Å². The minimum Gasteiger partial charge on any atom is -0.376 e. The molecular weight excluding hydrogens is 358 g/mol. The molecular formula is C21H19N3O2S. The number of benzene rings is 3.